The fourth-order valence-corrected chi connectivity index (χ4v) is 5.18. The molecule has 1 aromatic rings. The molecule has 0 atom stereocenters. The van der Waals surface area contributed by atoms with E-state index < -0.39 is 14.9 Å². The van der Waals surface area contributed by atoms with Crippen molar-refractivity contribution in [2.75, 3.05) is 0 Å². The maximum atomic E-state index is 12.9. The standard InChI is InChI=1S/C6H2BrClFIO2S/c7-3-1-2-4(9)5(10)6(3)13(8,11)12/h1-2H. The average molecular weight is 399 g/mol. The summed E-state index contributed by atoms with van der Waals surface area (Å²) < 4.78 is 35.2. The first-order valence-electron chi connectivity index (χ1n) is 2.92. The van der Waals surface area contributed by atoms with E-state index in [0.29, 0.717) is 0 Å². The smallest absolute Gasteiger partial charge is 0.207 e. The van der Waals surface area contributed by atoms with Crippen molar-refractivity contribution in [3.05, 3.63) is 26.0 Å². The van der Waals surface area contributed by atoms with Crippen molar-refractivity contribution >= 4 is 58.3 Å². The molecule has 0 aliphatic heterocycles. The van der Waals surface area contributed by atoms with Crippen LogP contribution < -0.4 is 0 Å². The largest absolute Gasteiger partial charge is 0.263 e. The van der Waals surface area contributed by atoms with Crippen LogP contribution in [0.25, 0.3) is 0 Å². The lowest BCUT2D eigenvalue weighted by Crippen LogP contribution is -1.98. The zero-order valence-corrected chi connectivity index (χ0v) is 11.2. The van der Waals surface area contributed by atoms with E-state index in [0.717, 1.165) is 6.07 Å². The first-order chi connectivity index (χ1) is 5.84. The first-order valence-corrected chi connectivity index (χ1v) is 7.10. The topological polar surface area (TPSA) is 34.1 Å². The van der Waals surface area contributed by atoms with E-state index in [1.54, 1.807) is 22.6 Å². The lowest BCUT2D eigenvalue weighted by Gasteiger charge is -2.03. The average Bonchev–Trinajstić information content (AvgIpc) is 1.95. The second-order valence-corrected chi connectivity index (χ2v) is 6.55. The van der Waals surface area contributed by atoms with Crippen LogP contribution >= 0.6 is 49.2 Å². The molecule has 1 rings (SSSR count). The van der Waals surface area contributed by atoms with Crippen molar-refractivity contribution in [1.82, 2.24) is 0 Å². The van der Waals surface area contributed by atoms with Gasteiger partial charge in [-0.25, -0.2) is 12.8 Å². The van der Waals surface area contributed by atoms with E-state index in [9.17, 15) is 12.8 Å². The van der Waals surface area contributed by atoms with Gasteiger partial charge in [0.05, 0.1) is 3.57 Å². The third-order valence-electron chi connectivity index (χ3n) is 1.25. The van der Waals surface area contributed by atoms with Crippen molar-refractivity contribution in [3.8, 4) is 0 Å². The molecule has 0 aromatic heterocycles. The van der Waals surface area contributed by atoms with Gasteiger partial charge in [-0.15, -0.1) is 0 Å². The summed E-state index contributed by atoms with van der Waals surface area (Å²) in [6, 6.07) is 2.46. The third kappa shape index (κ3) is 2.54. The summed E-state index contributed by atoms with van der Waals surface area (Å²) in [5.74, 6) is -0.608. The third-order valence-corrected chi connectivity index (χ3v) is 4.96. The maximum Gasteiger partial charge on any atom is 0.263 e. The minimum absolute atomic E-state index is 0.0121. The van der Waals surface area contributed by atoms with Gasteiger partial charge in [-0.05, 0) is 50.7 Å². The van der Waals surface area contributed by atoms with E-state index in [4.69, 9.17) is 10.7 Å². The van der Waals surface area contributed by atoms with E-state index in [1.807, 2.05) is 0 Å². The molecule has 7 heteroatoms. The molecule has 0 saturated heterocycles. The van der Waals surface area contributed by atoms with Crippen LogP contribution in [0.4, 0.5) is 4.39 Å². The van der Waals surface area contributed by atoms with Crippen LogP contribution in [-0.4, -0.2) is 8.42 Å². The van der Waals surface area contributed by atoms with Gasteiger partial charge in [-0.2, -0.15) is 0 Å². The van der Waals surface area contributed by atoms with E-state index in [2.05, 4.69) is 15.9 Å². The molecule has 0 N–H and O–H groups in total. The molecule has 0 heterocycles. The van der Waals surface area contributed by atoms with Gasteiger partial charge >= 0.3 is 0 Å². The van der Waals surface area contributed by atoms with Gasteiger partial charge in [0.2, 0.25) is 0 Å². The lowest BCUT2D eigenvalue weighted by atomic mass is 10.3. The van der Waals surface area contributed by atoms with Gasteiger partial charge in [-0.1, -0.05) is 0 Å². The zero-order valence-electron chi connectivity index (χ0n) is 5.89. The SMILES string of the molecule is O=S(=O)(Cl)c1c(Br)ccc(F)c1I. The number of hydrogen-bond donors (Lipinski definition) is 0. The van der Waals surface area contributed by atoms with Crippen LogP contribution in [0.15, 0.2) is 21.5 Å². The minimum atomic E-state index is -3.91. The molecule has 13 heavy (non-hydrogen) atoms. The zero-order chi connectivity index (χ0) is 10.2. The van der Waals surface area contributed by atoms with Gasteiger partial charge in [0.25, 0.3) is 9.05 Å². The van der Waals surface area contributed by atoms with E-state index in [1.165, 1.54) is 6.07 Å². The summed E-state index contributed by atoms with van der Waals surface area (Å²) in [6.45, 7) is 0. The molecule has 0 bridgehead atoms. The number of halogens is 4. The van der Waals surface area contributed by atoms with Crippen LogP contribution in [0.1, 0.15) is 0 Å². The highest BCUT2D eigenvalue weighted by Crippen LogP contribution is 2.31. The molecule has 0 spiro atoms. The van der Waals surface area contributed by atoms with Gasteiger partial charge in [0.1, 0.15) is 10.7 Å². The van der Waals surface area contributed by atoms with Gasteiger partial charge in [-0.3, -0.25) is 0 Å². The molecule has 2 nitrogen and oxygen atoms in total. The minimum Gasteiger partial charge on any atom is -0.207 e. The summed E-state index contributed by atoms with van der Waals surface area (Å²) in [6.07, 6.45) is 0. The summed E-state index contributed by atoms with van der Waals surface area (Å²) in [5, 5.41) is 0. The second kappa shape index (κ2) is 4.00. The molecule has 0 amide bonds. The maximum absolute atomic E-state index is 12.9. The van der Waals surface area contributed by atoms with Crippen LogP contribution in [0, 0.1) is 9.39 Å². The predicted octanol–water partition coefficient (Wildman–Crippen LogP) is 3.12. The number of rotatable bonds is 1. The quantitative estimate of drug-likeness (QED) is 0.413. The molecule has 0 aliphatic rings. The van der Waals surface area contributed by atoms with Crippen molar-refractivity contribution in [3.63, 3.8) is 0 Å². The number of hydrogen-bond acceptors (Lipinski definition) is 2. The molecule has 0 saturated carbocycles. The Labute approximate surface area is 101 Å². The Kier molecular flexibility index (Phi) is 3.59. The molecule has 1 aromatic carbocycles. The Morgan fingerprint density at radius 2 is 2.00 bits per heavy atom. The molecule has 0 fully saturated rings. The highest BCUT2D eigenvalue weighted by molar-refractivity contribution is 14.1. The van der Waals surface area contributed by atoms with Crippen LogP contribution in [-0.2, 0) is 9.05 Å². The predicted molar refractivity (Wildman–Crippen MR) is 59.9 cm³/mol. The highest BCUT2D eigenvalue weighted by atomic mass is 127. The molecule has 72 valence electrons. The van der Waals surface area contributed by atoms with Crippen LogP contribution in [0.5, 0.6) is 0 Å². The number of benzene rings is 1. The fraction of sp³-hybridized carbons (Fsp3) is 0. The Bertz CT molecular complexity index is 448. The van der Waals surface area contributed by atoms with Gasteiger partial charge in [0, 0.05) is 15.2 Å². The Hall–Kier alpha value is 0.600. The normalized spacial score (nSPS) is 11.7. The van der Waals surface area contributed by atoms with Crippen molar-refractivity contribution in [2.24, 2.45) is 0 Å². The monoisotopic (exact) mass is 398 g/mol. The molecule has 0 unspecified atom stereocenters. The van der Waals surface area contributed by atoms with Crippen molar-refractivity contribution in [2.45, 2.75) is 4.90 Å². The van der Waals surface area contributed by atoms with Crippen LogP contribution in [0.2, 0.25) is 0 Å². The second-order valence-electron chi connectivity index (χ2n) is 2.11. The summed E-state index contributed by atoms with van der Waals surface area (Å²) in [5.41, 5.74) is 0. The Balaban J connectivity index is 3.62. The van der Waals surface area contributed by atoms with E-state index >= 15 is 0 Å². The molecular weight excluding hydrogens is 397 g/mol. The Morgan fingerprint density at radius 3 is 2.38 bits per heavy atom. The summed E-state index contributed by atoms with van der Waals surface area (Å²) in [7, 11) is 1.20. The van der Waals surface area contributed by atoms with Crippen molar-refractivity contribution in [1.29, 1.82) is 0 Å². The highest BCUT2D eigenvalue weighted by Gasteiger charge is 2.20. The summed E-state index contributed by atoms with van der Waals surface area (Å²) >= 11 is 4.57. The van der Waals surface area contributed by atoms with Crippen molar-refractivity contribution < 1.29 is 12.8 Å². The molecule has 0 aliphatic carbocycles. The summed E-state index contributed by atoms with van der Waals surface area (Å²) in [4.78, 5) is -0.227. The fourth-order valence-electron chi connectivity index (χ4n) is 0.732. The van der Waals surface area contributed by atoms with E-state index in [-0.39, 0.29) is 12.9 Å². The van der Waals surface area contributed by atoms with Gasteiger partial charge in [0.15, 0.2) is 0 Å². The van der Waals surface area contributed by atoms with Crippen LogP contribution in [0.3, 0.4) is 0 Å². The first kappa shape index (κ1) is 11.7. The van der Waals surface area contributed by atoms with Gasteiger partial charge < -0.3 is 0 Å². The lowest BCUT2D eigenvalue weighted by molar-refractivity contribution is 0.596. The molecular formula is C6H2BrClFIO2S. The molecule has 0 radical (unpaired) electrons. The Morgan fingerprint density at radius 1 is 1.46 bits per heavy atom.